The van der Waals surface area contributed by atoms with Crippen molar-refractivity contribution in [1.29, 1.82) is 10.5 Å². The van der Waals surface area contributed by atoms with Crippen molar-refractivity contribution in [3.63, 3.8) is 0 Å². The minimum Gasteiger partial charge on any atom is -0.399 e. The van der Waals surface area contributed by atoms with Gasteiger partial charge in [-0.05, 0) is 35.4 Å². The van der Waals surface area contributed by atoms with Crippen LogP contribution >= 0.6 is 0 Å². The van der Waals surface area contributed by atoms with E-state index in [0.717, 1.165) is 11.1 Å². The van der Waals surface area contributed by atoms with E-state index in [2.05, 4.69) is 12.1 Å². The minimum atomic E-state index is -0.538. The summed E-state index contributed by atoms with van der Waals surface area (Å²) in [7, 11) is 0. The number of nitriles is 2. The van der Waals surface area contributed by atoms with Crippen molar-refractivity contribution < 1.29 is 0 Å². The van der Waals surface area contributed by atoms with Gasteiger partial charge in [0.2, 0.25) is 0 Å². The van der Waals surface area contributed by atoms with Gasteiger partial charge in [-0.25, -0.2) is 0 Å². The third-order valence-electron chi connectivity index (χ3n) is 3.20. The fraction of sp³-hybridized carbons (Fsp3) is 0.125. The monoisotopic (exact) mass is 262 g/mol. The van der Waals surface area contributed by atoms with Crippen LogP contribution in [0, 0.1) is 22.7 Å². The molecule has 0 saturated carbocycles. The van der Waals surface area contributed by atoms with Crippen LogP contribution in [0.1, 0.15) is 23.0 Å². The maximum atomic E-state index is 9.41. The van der Waals surface area contributed by atoms with Gasteiger partial charge in [0, 0.05) is 11.4 Å². The summed E-state index contributed by atoms with van der Waals surface area (Å²) in [6, 6.07) is 18.5. The van der Waals surface area contributed by atoms with Gasteiger partial charge in [0.05, 0.1) is 24.0 Å². The zero-order valence-electron chi connectivity index (χ0n) is 10.8. The average Bonchev–Trinajstić information content (AvgIpc) is 2.47. The van der Waals surface area contributed by atoms with Crippen LogP contribution < -0.4 is 11.5 Å². The van der Waals surface area contributed by atoms with Crippen LogP contribution in [0.25, 0.3) is 0 Å². The molecule has 0 radical (unpaired) electrons. The highest BCUT2D eigenvalue weighted by Gasteiger charge is 2.24. The summed E-state index contributed by atoms with van der Waals surface area (Å²) in [6.07, 6.45) is 0. The van der Waals surface area contributed by atoms with Crippen molar-refractivity contribution in [2.75, 3.05) is 11.5 Å². The van der Waals surface area contributed by atoms with Crippen LogP contribution in [0.4, 0.5) is 11.4 Å². The standard InChI is InChI=1S/C16H14N4/c17-9-15(11-1-5-13(19)6-2-11)16(10-18)12-3-7-14(20)8-4-12/h1-8,15-16H,19-20H2. The molecule has 0 bridgehead atoms. The molecule has 0 saturated heterocycles. The first-order valence-electron chi connectivity index (χ1n) is 6.16. The van der Waals surface area contributed by atoms with Crippen LogP contribution in [0.15, 0.2) is 48.5 Å². The highest BCUT2D eigenvalue weighted by atomic mass is 14.5. The van der Waals surface area contributed by atoms with Gasteiger partial charge in [0.25, 0.3) is 0 Å². The van der Waals surface area contributed by atoms with Crippen LogP contribution in [0.3, 0.4) is 0 Å². The number of rotatable bonds is 3. The number of hydrogen-bond donors (Lipinski definition) is 2. The number of nitrogen functional groups attached to an aromatic ring is 2. The molecule has 0 aliphatic rings. The fourth-order valence-electron chi connectivity index (χ4n) is 2.09. The molecule has 20 heavy (non-hydrogen) atoms. The molecule has 2 unspecified atom stereocenters. The van der Waals surface area contributed by atoms with Gasteiger partial charge >= 0.3 is 0 Å². The van der Waals surface area contributed by atoms with E-state index in [1.807, 2.05) is 0 Å². The molecule has 0 heterocycles. The lowest BCUT2D eigenvalue weighted by Gasteiger charge is -2.16. The molecule has 2 aromatic rings. The molecule has 0 amide bonds. The van der Waals surface area contributed by atoms with Crippen LogP contribution in [0.2, 0.25) is 0 Å². The Morgan fingerprint density at radius 2 is 0.950 bits per heavy atom. The quantitative estimate of drug-likeness (QED) is 0.830. The van der Waals surface area contributed by atoms with E-state index in [1.54, 1.807) is 48.5 Å². The first kappa shape index (κ1) is 13.5. The van der Waals surface area contributed by atoms with Crippen molar-refractivity contribution in [3.8, 4) is 12.1 Å². The van der Waals surface area contributed by atoms with Gasteiger partial charge in [-0.15, -0.1) is 0 Å². The number of nitrogens with zero attached hydrogens (tertiary/aromatic N) is 2. The van der Waals surface area contributed by atoms with E-state index in [9.17, 15) is 10.5 Å². The lowest BCUT2D eigenvalue weighted by atomic mass is 9.83. The number of benzene rings is 2. The van der Waals surface area contributed by atoms with E-state index in [1.165, 1.54) is 0 Å². The normalized spacial score (nSPS) is 12.9. The van der Waals surface area contributed by atoms with Gasteiger partial charge in [-0.2, -0.15) is 10.5 Å². The van der Waals surface area contributed by atoms with Gasteiger partial charge < -0.3 is 11.5 Å². The molecule has 2 rings (SSSR count). The fourth-order valence-corrected chi connectivity index (χ4v) is 2.09. The van der Waals surface area contributed by atoms with Gasteiger partial charge in [-0.3, -0.25) is 0 Å². The van der Waals surface area contributed by atoms with E-state index in [-0.39, 0.29) is 0 Å². The molecule has 4 nitrogen and oxygen atoms in total. The maximum absolute atomic E-state index is 9.41. The zero-order valence-corrected chi connectivity index (χ0v) is 10.8. The summed E-state index contributed by atoms with van der Waals surface area (Å²) >= 11 is 0. The van der Waals surface area contributed by atoms with Crippen molar-refractivity contribution in [1.82, 2.24) is 0 Å². The van der Waals surface area contributed by atoms with Gasteiger partial charge in [-0.1, -0.05) is 24.3 Å². The van der Waals surface area contributed by atoms with E-state index in [4.69, 9.17) is 11.5 Å². The molecule has 4 N–H and O–H groups in total. The molecule has 0 aliphatic carbocycles. The van der Waals surface area contributed by atoms with Crippen molar-refractivity contribution in [3.05, 3.63) is 59.7 Å². The summed E-state index contributed by atoms with van der Waals surface area (Å²) in [6.45, 7) is 0. The zero-order chi connectivity index (χ0) is 14.5. The maximum Gasteiger partial charge on any atom is 0.0912 e. The molecule has 0 aromatic heterocycles. The Hall–Kier alpha value is -2.98. The molecular weight excluding hydrogens is 248 g/mol. The molecule has 0 fully saturated rings. The lowest BCUT2D eigenvalue weighted by molar-refractivity contribution is 0.761. The highest BCUT2D eigenvalue weighted by Crippen LogP contribution is 2.32. The van der Waals surface area contributed by atoms with Gasteiger partial charge in [0.15, 0.2) is 0 Å². The van der Waals surface area contributed by atoms with Crippen LogP contribution in [-0.2, 0) is 0 Å². The molecule has 0 spiro atoms. The lowest BCUT2D eigenvalue weighted by Crippen LogP contribution is -2.08. The van der Waals surface area contributed by atoms with E-state index in [0.29, 0.717) is 11.4 Å². The summed E-state index contributed by atoms with van der Waals surface area (Å²) in [5.41, 5.74) is 14.1. The topological polar surface area (TPSA) is 99.6 Å². The summed E-state index contributed by atoms with van der Waals surface area (Å²) in [5, 5.41) is 18.8. The number of nitrogens with two attached hydrogens (primary N) is 2. The highest BCUT2D eigenvalue weighted by molar-refractivity contribution is 5.46. The molecule has 2 aromatic carbocycles. The average molecular weight is 262 g/mol. The van der Waals surface area contributed by atoms with E-state index < -0.39 is 11.8 Å². The number of hydrogen-bond acceptors (Lipinski definition) is 4. The Labute approximate surface area is 117 Å². The first-order valence-corrected chi connectivity index (χ1v) is 6.16. The summed E-state index contributed by atoms with van der Waals surface area (Å²) < 4.78 is 0. The third-order valence-corrected chi connectivity index (χ3v) is 3.20. The van der Waals surface area contributed by atoms with E-state index >= 15 is 0 Å². The number of anilines is 2. The Morgan fingerprint density at radius 3 is 1.20 bits per heavy atom. The largest absolute Gasteiger partial charge is 0.399 e. The van der Waals surface area contributed by atoms with Gasteiger partial charge in [0.1, 0.15) is 0 Å². The molecule has 98 valence electrons. The van der Waals surface area contributed by atoms with Crippen molar-refractivity contribution in [2.24, 2.45) is 0 Å². The Balaban J connectivity index is 2.38. The summed E-state index contributed by atoms with van der Waals surface area (Å²) in [5.74, 6) is -1.08. The van der Waals surface area contributed by atoms with Crippen molar-refractivity contribution >= 4 is 11.4 Å². The second kappa shape index (κ2) is 5.77. The first-order chi connectivity index (χ1) is 9.65. The molecule has 4 heteroatoms. The molecular formula is C16H14N4. The predicted octanol–water partition coefficient (Wildman–Crippen LogP) is 2.77. The second-order valence-electron chi connectivity index (χ2n) is 4.55. The Kier molecular flexibility index (Phi) is 3.88. The minimum absolute atomic E-state index is 0.538. The third kappa shape index (κ3) is 2.71. The predicted molar refractivity (Wildman–Crippen MR) is 78.4 cm³/mol. The SMILES string of the molecule is N#CC(c1ccc(N)cc1)C(C#N)c1ccc(N)cc1. The smallest absolute Gasteiger partial charge is 0.0912 e. The van der Waals surface area contributed by atoms with Crippen molar-refractivity contribution in [2.45, 2.75) is 11.8 Å². The van der Waals surface area contributed by atoms with Crippen LogP contribution in [-0.4, -0.2) is 0 Å². The molecule has 2 atom stereocenters. The Morgan fingerprint density at radius 1 is 0.650 bits per heavy atom. The summed E-state index contributed by atoms with van der Waals surface area (Å²) in [4.78, 5) is 0. The van der Waals surface area contributed by atoms with Crippen LogP contribution in [0.5, 0.6) is 0 Å². The Bertz CT molecular complexity index is 598. The second-order valence-corrected chi connectivity index (χ2v) is 4.55. The molecule has 0 aliphatic heterocycles.